The molecule has 0 aromatic carbocycles. The molecule has 1 aromatic rings. The molecule has 0 aliphatic carbocycles. The highest BCUT2D eigenvalue weighted by atomic mass is 32.1. The van der Waals surface area contributed by atoms with Gasteiger partial charge in [0, 0.05) is 12.3 Å². The minimum atomic E-state index is -1.00. The SMILES string of the molecule is O=C(O)C=Cc1ncc(CO)s1. The third kappa shape index (κ3) is 2.44. The number of nitrogens with zero attached hydrogens (tertiary/aromatic N) is 1. The van der Waals surface area contributed by atoms with E-state index >= 15 is 0 Å². The van der Waals surface area contributed by atoms with Crippen molar-refractivity contribution >= 4 is 23.4 Å². The molecule has 0 radical (unpaired) electrons. The van der Waals surface area contributed by atoms with Crippen LogP contribution in [0.5, 0.6) is 0 Å². The van der Waals surface area contributed by atoms with Gasteiger partial charge in [-0.15, -0.1) is 11.3 Å². The molecule has 0 aliphatic heterocycles. The fraction of sp³-hybridized carbons (Fsp3) is 0.143. The molecule has 2 N–H and O–H groups in total. The molecule has 0 spiro atoms. The Morgan fingerprint density at radius 2 is 2.50 bits per heavy atom. The zero-order valence-electron chi connectivity index (χ0n) is 6.10. The Morgan fingerprint density at radius 3 is 3.00 bits per heavy atom. The predicted molar refractivity (Wildman–Crippen MR) is 44.7 cm³/mol. The van der Waals surface area contributed by atoms with Crippen LogP contribution in [0.2, 0.25) is 0 Å². The zero-order valence-corrected chi connectivity index (χ0v) is 6.91. The molecule has 12 heavy (non-hydrogen) atoms. The first-order valence-corrected chi connectivity index (χ1v) is 4.00. The van der Waals surface area contributed by atoms with Gasteiger partial charge in [0.25, 0.3) is 0 Å². The summed E-state index contributed by atoms with van der Waals surface area (Å²) in [6.45, 7) is -0.0570. The number of aliphatic hydroxyl groups excluding tert-OH is 1. The van der Waals surface area contributed by atoms with Crippen molar-refractivity contribution in [3.63, 3.8) is 0 Å². The third-order valence-corrected chi connectivity index (χ3v) is 2.04. The maximum Gasteiger partial charge on any atom is 0.328 e. The number of thiazole rings is 1. The molecule has 0 atom stereocenters. The number of aromatic nitrogens is 1. The van der Waals surface area contributed by atoms with Crippen LogP contribution in [0.15, 0.2) is 12.3 Å². The summed E-state index contributed by atoms with van der Waals surface area (Å²) in [5.41, 5.74) is 0. The molecule has 1 aromatic heterocycles. The molecule has 1 heterocycles. The maximum absolute atomic E-state index is 10.1. The molecular formula is C7H7NO3S. The number of hydrogen-bond acceptors (Lipinski definition) is 4. The second kappa shape index (κ2) is 3.99. The number of aliphatic carboxylic acids is 1. The topological polar surface area (TPSA) is 70.4 Å². The molecule has 0 bridgehead atoms. The monoisotopic (exact) mass is 185 g/mol. The van der Waals surface area contributed by atoms with Crippen LogP contribution in [0.3, 0.4) is 0 Å². The molecule has 5 heteroatoms. The largest absolute Gasteiger partial charge is 0.478 e. The van der Waals surface area contributed by atoms with Gasteiger partial charge in [0.05, 0.1) is 11.5 Å². The van der Waals surface area contributed by atoms with Crippen LogP contribution in [0, 0.1) is 0 Å². The molecule has 0 unspecified atom stereocenters. The molecule has 0 aliphatic rings. The van der Waals surface area contributed by atoms with Gasteiger partial charge in [0.2, 0.25) is 0 Å². The number of rotatable bonds is 3. The first kappa shape index (κ1) is 8.89. The molecule has 0 saturated heterocycles. The summed E-state index contributed by atoms with van der Waals surface area (Å²) < 4.78 is 0. The number of hydrogen-bond donors (Lipinski definition) is 2. The van der Waals surface area contributed by atoms with Gasteiger partial charge in [-0.1, -0.05) is 0 Å². The first-order chi connectivity index (χ1) is 5.72. The number of carboxylic acid groups (broad SMARTS) is 1. The van der Waals surface area contributed by atoms with Gasteiger partial charge >= 0.3 is 5.97 Å². The van der Waals surface area contributed by atoms with E-state index in [-0.39, 0.29) is 6.61 Å². The summed E-state index contributed by atoms with van der Waals surface area (Å²) in [5, 5.41) is 17.5. The van der Waals surface area contributed by atoms with E-state index in [1.165, 1.54) is 23.6 Å². The van der Waals surface area contributed by atoms with Crippen molar-refractivity contribution in [2.24, 2.45) is 0 Å². The van der Waals surface area contributed by atoms with Crippen LogP contribution >= 0.6 is 11.3 Å². The van der Waals surface area contributed by atoms with Gasteiger partial charge in [-0.25, -0.2) is 9.78 Å². The minimum absolute atomic E-state index is 0.0570. The highest BCUT2D eigenvalue weighted by molar-refractivity contribution is 7.12. The Hall–Kier alpha value is -1.20. The molecule has 1 rings (SSSR count). The molecule has 4 nitrogen and oxygen atoms in total. The van der Waals surface area contributed by atoms with Crippen LogP contribution in [-0.2, 0) is 11.4 Å². The summed E-state index contributed by atoms with van der Waals surface area (Å²) in [7, 11) is 0. The number of carbonyl (C=O) groups is 1. The maximum atomic E-state index is 10.1. The van der Waals surface area contributed by atoms with E-state index in [0.717, 1.165) is 11.0 Å². The Labute approximate surface area is 72.8 Å². The highest BCUT2D eigenvalue weighted by Gasteiger charge is 1.96. The van der Waals surface area contributed by atoms with Crippen LogP contribution < -0.4 is 0 Å². The molecule has 0 saturated carbocycles. The Bertz CT molecular complexity index is 305. The van der Waals surface area contributed by atoms with Crippen molar-refractivity contribution in [3.05, 3.63) is 22.2 Å². The van der Waals surface area contributed by atoms with Gasteiger partial charge in [0.15, 0.2) is 0 Å². The molecule has 0 amide bonds. The number of carboxylic acids is 1. The van der Waals surface area contributed by atoms with Crippen molar-refractivity contribution in [1.82, 2.24) is 4.98 Å². The van der Waals surface area contributed by atoms with E-state index in [1.807, 2.05) is 0 Å². The first-order valence-electron chi connectivity index (χ1n) is 3.19. The molecule has 64 valence electrons. The number of aliphatic hydroxyl groups is 1. The minimum Gasteiger partial charge on any atom is -0.478 e. The lowest BCUT2D eigenvalue weighted by molar-refractivity contribution is -0.131. The van der Waals surface area contributed by atoms with Gasteiger partial charge in [0.1, 0.15) is 5.01 Å². The van der Waals surface area contributed by atoms with Crippen LogP contribution in [0.4, 0.5) is 0 Å². The predicted octanol–water partition coefficient (Wildman–Crippen LogP) is 0.733. The van der Waals surface area contributed by atoms with Crippen molar-refractivity contribution in [3.8, 4) is 0 Å². The van der Waals surface area contributed by atoms with E-state index in [2.05, 4.69) is 4.98 Å². The summed E-state index contributed by atoms with van der Waals surface area (Å²) in [5.74, 6) is -1.00. The smallest absolute Gasteiger partial charge is 0.328 e. The van der Waals surface area contributed by atoms with Gasteiger partial charge in [-0.05, 0) is 6.08 Å². The van der Waals surface area contributed by atoms with Crippen LogP contribution in [0.1, 0.15) is 9.88 Å². The average molecular weight is 185 g/mol. The third-order valence-electron chi connectivity index (χ3n) is 1.10. The Balaban J connectivity index is 2.70. The van der Waals surface area contributed by atoms with E-state index in [9.17, 15) is 4.79 Å². The quantitative estimate of drug-likeness (QED) is 0.681. The summed E-state index contributed by atoms with van der Waals surface area (Å²) in [6.07, 6.45) is 3.93. The van der Waals surface area contributed by atoms with Gasteiger partial charge in [-0.3, -0.25) is 0 Å². The Morgan fingerprint density at radius 1 is 1.75 bits per heavy atom. The zero-order chi connectivity index (χ0) is 8.97. The van der Waals surface area contributed by atoms with Crippen molar-refractivity contribution in [2.75, 3.05) is 0 Å². The fourth-order valence-corrected chi connectivity index (χ4v) is 1.30. The van der Waals surface area contributed by atoms with Gasteiger partial charge in [-0.2, -0.15) is 0 Å². The lowest BCUT2D eigenvalue weighted by Crippen LogP contribution is -1.84. The summed E-state index contributed by atoms with van der Waals surface area (Å²) in [6, 6.07) is 0. The summed E-state index contributed by atoms with van der Waals surface area (Å²) in [4.78, 5) is 14.7. The van der Waals surface area contributed by atoms with E-state index in [4.69, 9.17) is 10.2 Å². The van der Waals surface area contributed by atoms with Crippen LogP contribution in [0.25, 0.3) is 6.08 Å². The normalized spacial score (nSPS) is 10.8. The van der Waals surface area contributed by atoms with Crippen molar-refractivity contribution in [2.45, 2.75) is 6.61 Å². The second-order valence-electron chi connectivity index (χ2n) is 1.99. The summed E-state index contributed by atoms with van der Waals surface area (Å²) >= 11 is 1.26. The van der Waals surface area contributed by atoms with E-state index in [1.54, 1.807) is 0 Å². The lowest BCUT2D eigenvalue weighted by Gasteiger charge is -1.80. The van der Waals surface area contributed by atoms with E-state index in [0.29, 0.717) is 5.01 Å². The van der Waals surface area contributed by atoms with Gasteiger partial charge < -0.3 is 10.2 Å². The van der Waals surface area contributed by atoms with Crippen molar-refractivity contribution in [1.29, 1.82) is 0 Å². The van der Waals surface area contributed by atoms with Crippen molar-refractivity contribution < 1.29 is 15.0 Å². The molecule has 0 fully saturated rings. The second-order valence-corrected chi connectivity index (χ2v) is 3.14. The standard InChI is InChI=1S/C7H7NO3S/c9-4-5-3-8-6(12-5)1-2-7(10)11/h1-3,9H,4H2,(H,10,11). The van der Waals surface area contributed by atoms with Crippen LogP contribution in [-0.4, -0.2) is 21.2 Å². The van der Waals surface area contributed by atoms with E-state index < -0.39 is 5.97 Å². The fourth-order valence-electron chi connectivity index (χ4n) is 0.615. The molecular weight excluding hydrogens is 178 g/mol. The average Bonchev–Trinajstić information content (AvgIpc) is 2.48. The lowest BCUT2D eigenvalue weighted by atomic mass is 10.5. The highest BCUT2D eigenvalue weighted by Crippen LogP contribution is 2.13. The Kier molecular flexibility index (Phi) is 2.95.